The number of hydrogen-bond donors (Lipinski definition) is 1. The van der Waals surface area contributed by atoms with Crippen LogP contribution in [0, 0.1) is 5.92 Å². The van der Waals surface area contributed by atoms with Crippen LogP contribution in [-0.2, 0) is 0 Å². The fourth-order valence-electron chi connectivity index (χ4n) is 2.60. The molecule has 2 aromatic rings. The van der Waals surface area contributed by atoms with Gasteiger partial charge in [0.05, 0.1) is 23.1 Å². The SMILES string of the molecule is CC(C)CC(C)(O)COc1cnc(-c2ccncc2)cc1C(F)F. The predicted octanol–water partition coefficient (Wildman–Crippen LogP) is 4.26. The third-order valence-electron chi connectivity index (χ3n) is 3.50. The van der Waals surface area contributed by atoms with E-state index in [1.54, 1.807) is 31.5 Å². The smallest absolute Gasteiger partial charge is 0.267 e. The summed E-state index contributed by atoms with van der Waals surface area (Å²) in [6.07, 6.45) is 2.25. The van der Waals surface area contributed by atoms with Gasteiger partial charge in [0.15, 0.2) is 0 Å². The van der Waals surface area contributed by atoms with E-state index in [4.69, 9.17) is 4.74 Å². The highest BCUT2D eigenvalue weighted by Crippen LogP contribution is 2.32. The van der Waals surface area contributed by atoms with Crippen LogP contribution in [-0.4, -0.2) is 27.3 Å². The van der Waals surface area contributed by atoms with Crippen LogP contribution in [0.2, 0.25) is 0 Å². The summed E-state index contributed by atoms with van der Waals surface area (Å²) >= 11 is 0. The Balaban J connectivity index is 2.21. The molecule has 0 aliphatic carbocycles. The van der Waals surface area contributed by atoms with E-state index in [0.29, 0.717) is 17.7 Å². The van der Waals surface area contributed by atoms with Crippen LogP contribution in [0.5, 0.6) is 5.75 Å². The summed E-state index contributed by atoms with van der Waals surface area (Å²) in [5.41, 5.74) is -0.200. The second-order valence-corrected chi connectivity index (χ2v) is 6.53. The molecule has 2 rings (SSSR count). The zero-order valence-electron chi connectivity index (χ0n) is 14.0. The second-order valence-electron chi connectivity index (χ2n) is 6.53. The van der Waals surface area contributed by atoms with Gasteiger partial charge in [-0.2, -0.15) is 0 Å². The van der Waals surface area contributed by atoms with Crippen molar-refractivity contribution < 1.29 is 18.6 Å². The molecule has 0 radical (unpaired) electrons. The number of hydrogen-bond acceptors (Lipinski definition) is 4. The Morgan fingerprint density at radius 1 is 1.25 bits per heavy atom. The van der Waals surface area contributed by atoms with Gasteiger partial charge in [-0.1, -0.05) is 13.8 Å². The van der Waals surface area contributed by atoms with Crippen LogP contribution in [0.1, 0.15) is 39.2 Å². The number of alkyl halides is 2. The van der Waals surface area contributed by atoms with Gasteiger partial charge in [0.1, 0.15) is 12.4 Å². The van der Waals surface area contributed by atoms with Gasteiger partial charge in [0.25, 0.3) is 6.43 Å². The molecule has 2 aromatic heterocycles. The Kier molecular flexibility index (Phi) is 5.83. The molecule has 130 valence electrons. The molecule has 0 aliphatic rings. The van der Waals surface area contributed by atoms with Crippen LogP contribution in [0.25, 0.3) is 11.3 Å². The minimum Gasteiger partial charge on any atom is -0.488 e. The molecule has 1 N–H and O–H groups in total. The summed E-state index contributed by atoms with van der Waals surface area (Å²) in [4.78, 5) is 8.08. The Labute approximate surface area is 140 Å². The minimum atomic E-state index is -2.70. The first-order valence-electron chi connectivity index (χ1n) is 7.82. The van der Waals surface area contributed by atoms with E-state index in [0.717, 1.165) is 0 Å². The van der Waals surface area contributed by atoms with Crippen LogP contribution < -0.4 is 4.74 Å². The number of rotatable bonds is 7. The van der Waals surface area contributed by atoms with Gasteiger partial charge in [0, 0.05) is 18.0 Å². The molecule has 0 fully saturated rings. The summed E-state index contributed by atoms with van der Waals surface area (Å²) < 4.78 is 32.2. The lowest BCUT2D eigenvalue weighted by molar-refractivity contribution is -0.00656. The lowest BCUT2D eigenvalue weighted by atomic mass is 9.95. The maximum atomic E-state index is 13.4. The highest BCUT2D eigenvalue weighted by Gasteiger charge is 2.25. The molecule has 0 aromatic carbocycles. The Hall–Kier alpha value is -2.08. The molecule has 0 saturated carbocycles. The average molecular weight is 336 g/mol. The van der Waals surface area contributed by atoms with Gasteiger partial charge in [-0.3, -0.25) is 9.97 Å². The van der Waals surface area contributed by atoms with Crippen molar-refractivity contribution in [2.24, 2.45) is 5.92 Å². The zero-order chi connectivity index (χ0) is 17.7. The molecular formula is C18H22F2N2O2. The van der Waals surface area contributed by atoms with Crippen LogP contribution in [0.3, 0.4) is 0 Å². The van der Waals surface area contributed by atoms with E-state index in [1.165, 1.54) is 12.3 Å². The van der Waals surface area contributed by atoms with E-state index in [9.17, 15) is 13.9 Å². The van der Waals surface area contributed by atoms with Crippen molar-refractivity contribution in [2.45, 2.75) is 39.2 Å². The van der Waals surface area contributed by atoms with E-state index in [2.05, 4.69) is 9.97 Å². The van der Waals surface area contributed by atoms with Crippen molar-refractivity contribution in [3.63, 3.8) is 0 Å². The quantitative estimate of drug-likeness (QED) is 0.821. The third kappa shape index (κ3) is 4.96. The first kappa shape index (κ1) is 18.3. The highest BCUT2D eigenvalue weighted by molar-refractivity contribution is 5.60. The normalized spacial score (nSPS) is 14.0. The van der Waals surface area contributed by atoms with Crippen molar-refractivity contribution in [2.75, 3.05) is 6.61 Å². The third-order valence-corrected chi connectivity index (χ3v) is 3.50. The monoisotopic (exact) mass is 336 g/mol. The van der Waals surface area contributed by atoms with Crippen molar-refractivity contribution in [3.8, 4) is 17.0 Å². The summed E-state index contributed by atoms with van der Waals surface area (Å²) in [6, 6.07) is 4.71. The lowest BCUT2D eigenvalue weighted by Gasteiger charge is -2.25. The van der Waals surface area contributed by atoms with E-state index >= 15 is 0 Å². The average Bonchev–Trinajstić information content (AvgIpc) is 2.52. The minimum absolute atomic E-state index is 0.00756. The second kappa shape index (κ2) is 7.66. The number of aliphatic hydroxyl groups is 1. The van der Waals surface area contributed by atoms with Gasteiger partial charge in [0.2, 0.25) is 0 Å². The predicted molar refractivity (Wildman–Crippen MR) is 88.0 cm³/mol. The van der Waals surface area contributed by atoms with E-state index in [1.807, 2.05) is 13.8 Å². The first-order chi connectivity index (χ1) is 11.3. The largest absolute Gasteiger partial charge is 0.488 e. The van der Waals surface area contributed by atoms with Crippen molar-refractivity contribution in [1.29, 1.82) is 0 Å². The molecule has 2 heterocycles. The molecule has 0 amide bonds. The molecule has 1 unspecified atom stereocenters. The van der Waals surface area contributed by atoms with Gasteiger partial charge in [-0.15, -0.1) is 0 Å². The highest BCUT2D eigenvalue weighted by atomic mass is 19.3. The molecule has 6 heteroatoms. The lowest BCUT2D eigenvalue weighted by Crippen LogP contribution is -2.34. The zero-order valence-corrected chi connectivity index (χ0v) is 14.0. The Morgan fingerprint density at radius 2 is 1.92 bits per heavy atom. The Bertz CT molecular complexity index is 661. The summed E-state index contributed by atoms with van der Waals surface area (Å²) in [6.45, 7) is 5.52. The standard InChI is InChI=1S/C18H22F2N2O2/c1-12(2)9-18(3,23)11-24-16-10-22-15(8-14(16)17(19)20)13-4-6-21-7-5-13/h4-8,10,12,17,23H,9,11H2,1-3H3. The van der Waals surface area contributed by atoms with Gasteiger partial charge >= 0.3 is 0 Å². The molecule has 0 bridgehead atoms. The fraction of sp³-hybridized carbons (Fsp3) is 0.444. The number of aromatic nitrogens is 2. The number of halogens is 2. The molecular weight excluding hydrogens is 314 g/mol. The number of nitrogens with zero attached hydrogens (tertiary/aromatic N) is 2. The van der Waals surface area contributed by atoms with E-state index < -0.39 is 12.0 Å². The maximum absolute atomic E-state index is 13.4. The summed E-state index contributed by atoms with van der Waals surface area (Å²) in [5.74, 6) is 0.261. The topological polar surface area (TPSA) is 55.2 Å². The molecule has 0 aliphatic heterocycles. The molecule has 24 heavy (non-hydrogen) atoms. The number of ether oxygens (including phenoxy) is 1. The molecule has 4 nitrogen and oxygen atoms in total. The molecule has 0 saturated heterocycles. The summed E-state index contributed by atoms with van der Waals surface area (Å²) in [5, 5.41) is 10.3. The van der Waals surface area contributed by atoms with Crippen LogP contribution in [0.15, 0.2) is 36.8 Å². The van der Waals surface area contributed by atoms with Gasteiger partial charge in [-0.25, -0.2) is 8.78 Å². The van der Waals surface area contributed by atoms with Gasteiger partial charge < -0.3 is 9.84 Å². The van der Waals surface area contributed by atoms with Crippen molar-refractivity contribution in [1.82, 2.24) is 9.97 Å². The fourth-order valence-corrected chi connectivity index (χ4v) is 2.60. The van der Waals surface area contributed by atoms with Crippen LogP contribution >= 0.6 is 0 Å². The Morgan fingerprint density at radius 3 is 2.50 bits per heavy atom. The molecule has 1 atom stereocenters. The first-order valence-corrected chi connectivity index (χ1v) is 7.82. The van der Waals surface area contributed by atoms with E-state index in [-0.39, 0.29) is 23.8 Å². The van der Waals surface area contributed by atoms with Crippen molar-refractivity contribution in [3.05, 3.63) is 42.4 Å². The maximum Gasteiger partial charge on any atom is 0.267 e. The van der Waals surface area contributed by atoms with Gasteiger partial charge in [-0.05, 0) is 37.5 Å². The molecule has 0 spiro atoms. The van der Waals surface area contributed by atoms with Crippen LogP contribution in [0.4, 0.5) is 8.78 Å². The number of pyridine rings is 2. The van der Waals surface area contributed by atoms with Crippen molar-refractivity contribution >= 4 is 0 Å². The summed E-state index contributed by atoms with van der Waals surface area (Å²) in [7, 11) is 0.